The zero-order chi connectivity index (χ0) is 22.4. The summed E-state index contributed by atoms with van der Waals surface area (Å²) in [4.78, 5) is 29.9. The fraction of sp³-hybridized carbons (Fsp3) is 0.154. The summed E-state index contributed by atoms with van der Waals surface area (Å²) in [6.07, 6.45) is 2.01. The molecule has 4 nitrogen and oxygen atoms in total. The highest BCUT2D eigenvalue weighted by atomic mass is 35.5. The van der Waals surface area contributed by atoms with Crippen LogP contribution in [0.1, 0.15) is 38.9 Å². The average molecular weight is 462 g/mol. The number of benzene rings is 3. The molecule has 1 aliphatic rings. The molecule has 1 aliphatic heterocycles. The van der Waals surface area contributed by atoms with Gasteiger partial charge in [-0.05, 0) is 54.6 Å². The van der Waals surface area contributed by atoms with Gasteiger partial charge in [0, 0.05) is 16.5 Å². The van der Waals surface area contributed by atoms with Crippen LogP contribution < -0.4 is 5.43 Å². The van der Waals surface area contributed by atoms with Gasteiger partial charge < -0.3 is 9.32 Å². The first-order chi connectivity index (χ1) is 15.5. The number of amides is 1. The molecule has 0 saturated heterocycles. The highest BCUT2D eigenvalue weighted by Gasteiger charge is 2.42. The van der Waals surface area contributed by atoms with Crippen LogP contribution in [0.2, 0.25) is 5.02 Å². The van der Waals surface area contributed by atoms with Gasteiger partial charge in [0.25, 0.3) is 5.91 Å². The number of carbonyl (C=O) groups is 1. The van der Waals surface area contributed by atoms with E-state index in [4.69, 9.17) is 16.0 Å². The molecular weight excluding hydrogens is 442 g/mol. The van der Waals surface area contributed by atoms with Crippen LogP contribution in [0, 0.1) is 6.92 Å². The molecule has 3 aromatic carbocycles. The summed E-state index contributed by atoms with van der Waals surface area (Å²) in [6.45, 7) is 2.39. The summed E-state index contributed by atoms with van der Waals surface area (Å²) in [5.74, 6) is -0.177. The molecule has 6 heteroatoms. The number of carbonyl (C=O) groups excluding carboxylic acids is 1. The van der Waals surface area contributed by atoms with Crippen molar-refractivity contribution in [2.75, 3.05) is 6.26 Å². The zero-order valence-corrected chi connectivity index (χ0v) is 19.2. The number of thioether (sulfide) groups is 1. The van der Waals surface area contributed by atoms with Crippen molar-refractivity contribution in [3.05, 3.63) is 110 Å². The Morgan fingerprint density at radius 2 is 1.72 bits per heavy atom. The quantitative estimate of drug-likeness (QED) is 0.338. The van der Waals surface area contributed by atoms with Gasteiger partial charge in [-0.15, -0.1) is 11.8 Å². The van der Waals surface area contributed by atoms with Gasteiger partial charge in [-0.2, -0.15) is 0 Å². The first-order valence-electron chi connectivity index (χ1n) is 10.2. The van der Waals surface area contributed by atoms with Crippen LogP contribution in [-0.2, 0) is 6.54 Å². The van der Waals surface area contributed by atoms with Gasteiger partial charge in [-0.1, -0.05) is 53.6 Å². The highest BCUT2D eigenvalue weighted by molar-refractivity contribution is 7.98. The molecule has 5 rings (SSSR count). The Morgan fingerprint density at radius 3 is 2.41 bits per heavy atom. The summed E-state index contributed by atoms with van der Waals surface area (Å²) < 4.78 is 5.98. The number of hydrogen-bond acceptors (Lipinski definition) is 4. The van der Waals surface area contributed by atoms with Gasteiger partial charge in [0.1, 0.15) is 5.58 Å². The number of nitrogens with zero attached hydrogens (tertiary/aromatic N) is 1. The summed E-state index contributed by atoms with van der Waals surface area (Å²) in [7, 11) is 0. The molecule has 1 aromatic heterocycles. The van der Waals surface area contributed by atoms with E-state index >= 15 is 0 Å². The molecule has 0 spiro atoms. The van der Waals surface area contributed by atoms with E-state index in [1.54, 1.807) is 34.9 Å². The van der Waals surface area contributed by atoms with Gasteiger partial charge in [-0.25, -0.2) is 0 Å². The van der Waals surface area contributed by atoms with Crippen molar-refractivity contribution < 1.29 is 9.21 Å². The van der Waals surface area contributed by atoms with Crippen molar-refractivity contribution in [2.45, 2.75) is 24.4 Å². The molecule has 0 radical (unpaired) electrons. The molecule has 2 heterocycles. The van der Waals surface area contributed by atoms with Crippen molar-refractivity contribution >= 4 is 40.2 Å². The van der Waals surface area contributed by atoms with E-state index in [0.717, 1.165) is 21.6 Å². The molecule has 1 atom stereocenters. The van der Waals surface area contributed by atoms with Gasteiger partial charge in [0.2, 0.25) is 5.76 Å². The Labute approximate surface area is 194 Å². The summed E-state index contributed by atoms with van der Waals surface area (Å²) in [5, 5.41) is 0.832. The smallest absolute Gasteiger partial charge is 0.291 e. The standard InChI is InChI=1S/C26H20ClNO3S/c1-15-3-5-16(6-4-15)14-28-23(17-7-10-19(32-2)11-8-17)22-24(29)20-13-18(27)9-12-21(20)31-25(22)26(28)30/h3-13,23H,14H2,1-2H3. The van der Waals surface area contributed by atoms with E-state index in [2.05, 4.69) is 0 Å². The lowest BCUT2D eigenvalue weighted by Gasteiger charge is -2.25. The molecule has 0 aliphatic carbocycles. The van der Waals surface area contributed by atoms with Crippen LogP contribution >= 0.6 is 23.4 Å². The lowest BCUT2D eigenvalue weighted by Crippen LogP contribution is -2.29. The molecule has 160 valence electrons. The number of fused-ring (bicyclic) bond motifs is 2. The lowest BCUT2D eigenvalue weighted by atomic mass is 9.98. The third kappa shape index (κ3) is 3.51. The van der Waals surface area contributed by atoms with Gasteiger partial charge in [-0.3, -0.25) is 9.59 Å². The minimum atomic E-state index is -0.533. The van der Waals surface area contributed by atoms with E-state index in [1.807, 2.05) is 61.7 Å². The van der Waals surface area contributed by atoms with E-state index in [0.29, 0.717) is 28.1 Å². The first-order valence-corrected chi connectivity index (χ1v) is 11.8. The Balaban J connectivity index is 1.70. The molecule has 1 amide bonds. The predicted octanol–water partition coefficient (Wildman–Crippen LogP) is 6.22. The summed E-state index contributed by atoms with van der Waals surface area (Å²) in [6, 6.07) is 20.4. The molecule has 0 fully saturated rings. The SMILES string of the molecule is CSc1ccc(C2c3c(oc4ccc(Cl)cc4c3=O)C(=O)N2Cc2ccc(C)cc2)cc1. The van der Waals surface area contributed by atoms with E-state index in [9.17, 15) is 9.59 Å². The van der Waals surface area contributed by atoms with Gasteiger partial charge >= 0.3 is 0 Å². The Kier molecular flexibility index (Phi) is 5.31. The van der Waals surface area contributed by atoms with Gasteiger partial charge in [0.15, 0.2) is 5.43 Å². The molecule has 4 aromatic rings. The topological polar surface area (TPSA) is 50.5 Å². The van der Waals surface area contributed by atoms with Crippen LogP contribution in [0.25, 0.3) is 11.0 Å². The zero-order valence-electron chi connectivity index (χ0n) is 17.6. The lowest BCUT2D eigenvalue weighted by molar-refractivity contribution is 0.0714. The Morgan fingerprint density at radius 1 is 1.00 bits per heavy atom. The second kappa shape index (κ2) is 8.15. The van der Waals surface area contributed by atoms with Crippen LogP contribution in [-0.4, -0.2) is 17.1 Å². The molecule has 0 saturated carbocycles. The summed E-state index contributed by atoms with van der Waals surface area (Å²) >= 11 is 7.79. The van der Waals surface area contributed by atoms with Gasteiger partial charge in [0.05, 0.1) is 17.0 Å². The van der Waals surface area contributed by atoms with Crippen LogP contribution in [0.4, 0.5) is 0 Å². The minimum Gasteiger partial charge on any atom is -0.450 e. The van der Waals surface area contributed by atoms with E-state index in [-0.39, 0.29) is 17.1 Å². The number of aryl methyl sites for hydroxylation is 1. The minimum absolute atomic E-state index is 0.107. The third-order valence-electron chi connectivity index (χ3n) is 5.83. The fourth-order valence-electron chi connectivity index (χ4n) is 4.18. The average Bonchev–Trinajstić information content (AvgIpc) is 3.08. The molecular formula is C26H20ClNO3S. The van der Waals surface area contributed by atoms with Crippen molar-refractivity contribution in [2.24, 2.45) is 0 Å². The first kappa shape index (κ1) is 20.9. The highest BCUT2D eigenvalue weighted by Crippen LogP contribution is 2.39. The van der Waals surface area contributed by atoms with Crippen molar-refractivity contribution in [1.29, 1.82) is 0 Å². The molecule has 32 heavy (non-hydrogen) atoms. The van der Waals surface area contributed by atoms with Crippen molar-refractivity contribution in [1.82, 2.24) is 4.90 Å². The summed E-state index contributed by atoms with van der Waals surface area (Å²) in [5.41, 5.74) is 3.52. The molecule has 0 N–H and O–H groups in total. The Hall–Kier alpha value is -3.02. The predicted molar refractivity (Wildman–Crippen MR) is 129 cm³/mol. The molecule has 0 bridgehead atoms. The second-order valence-corrected chi connectivity index (χ2v) is 9.22. The monoisotopic (exact) mass is 461 g/mol. The Bertz CT molecular complexity index is 1390. The molecule has 1 unspecified atom stereocenters. The van der Waals surface area contributed by atoms with Crippen molar-refractivity contribution in [3.8, 4) is 0 Å². The van der Waals surface area contributed by atoms with Crippen LogP contribution in [0.3, 0.4) is 0 Å². The van der Waals surface area contributed by atoms with Crippen molar-refractivity contribution in [3.63, 3.8) is 0 Å². The number of rotatable bonds is 4. The van der Waals surface area contributed by atoms with Crippen LogP contribution in [0.5, 0.6) is 0 Å². The number of halogens is 1. The van der Waals surface area contributed by atoms with E-state index in [1.165, 1.54) is 0 Å². The van der Waals surface area contributed by atoms with Crippen LogP contribution in [0.15, 0.2) is 80.8 Å². The fourth-order valence-corrected chi connectivity index (χ4v) is 4.76. The second-order valence-electron chi connectivity index (χ2n) is 7.91. The largest absolute Gasteiger partial charge is 0.450 e. The third-order valence-corrected chi connectivity index (χ3v) is 6.81. The maximum atomic E-state index is 13.6. The maximum absolute atomic E-state index is 13.6. The maximum Gasteiger partial charge on any atom is 0.291 e. The number of hydrogen-bond donors (Lipinski definition) is 0. The normalized spacial score (nSPS) is 15.4. The van der Waals surface area contributed by atoms with E-state index < -0.39 is 6.04 Å².